The van der Waals surface area contributed by atoms with E-state index in [-0.39, 0.29) is 0 Å². The highest BCUT2D eigenvalue weighted by Gasteiger charge is 2.19. The molecule has 0 aliphatic carbocycles. The Morgan fingerprint density at radius 3 is 2.13 bits per heavy atom. The molecule has 1 N–H and O–H groups in total. The summed E-state index contributed by atoms with van der Waals surface area (Å²) in [6.45, 7) is 6.38. The lowest BCUT2D eigenvalue weighted by atomic mass is 10.4. The molecule has 0 fully saturated rings. The monoisotopic (exact) mass is 243 g/mol. The molecule has 0 saturated heterocycles. The van der Waals surface area contributed by atoms with E-state index in [2.05, 4.69) is 24.4 Å². The van der Waals surface area contributed by atoms with Crippen molar-refractivity contribution in [3.05, 3.63) is 30.3 Å². The fourth-order valence-corrected chi connectivity index (χ4v) is 4.17. The van der Waals surface area contributed by atoms with Crippen molar-refractivity contribution in [1.29, 1.82) is 0 Å². The number of nitrogens with one attached hydrogen (secondary N) is 1. The summed E-state index contributed by atoms with van der Waals surface area (Å²) in [7, 11) is -4.70. The van der Waals surface area contributed by atoms with Crippen LogP contribution in [0.4, 0.5) is 0 Å². The largest absolute Gasteiger partial charge is 0.240 e. The second-order valence-electron chi connectivity index (χ2n) is 4.70. The van der Waals surface area contributed by atoms with Gasteiger partial charge in [-0.25, -0.2) is 13.1 Å². The van der Waals surface area contributed by atoms with Gasteiger partial charge in [0.15, 0.2) is 0 Å². The van der Waals surface area contributed by atoms with Crippen molar-refractivity contribution in [1.82, 2.24) is 4.72 Å². The van der Waals surface area contributed by atoms with Gasteiger partial charge in [0.2, 0.25) is 10.0 Å². The van der Waals surface area contributed by atoms with Crippen molar-refractivity contribution in [3.8, 4) is 0 Å². The molecule has 0 spiro atoms. The highest BCUT2D eigenvalue weighted by molar-refractivity contribution is 7.89. The van der Waals surface area contributed by atoms with Crippen LogP contribution in [0.2, 0.25) is 19.6 Å². The molecule has 0 radical (unpaired) electrons. The van der Waals surface area contributed by atoms with Gasteiger partial charge in [0, 0.05) is 6.17 Å². The summed E-state index contributed by atoms with van der Waals surface area (Å²) in [6, 6.07) is 8.46. The predicted molar refractivity (Wildman–Crippen MR) is 65.0 cm³/mol. The van der Waals surface area contributed by atoms with Crippen LogP contribution in [0.3, 0.4) is 0 Å². The zero-order chi connectivity index (χ0) is 11.5. The summed E-state index contributed by atoms with van der Waals surface area (Å²) in [5.41, 5.74) is 0. The van der Waals surface area contributed by atoms with Crippen LogP contribution in [0, 0.1) is 0 Å². The number of hydrogen-bond donors (Lipinski definition) is 1. The Balaban J connectivity index is 2.78. The van der Waals surface area contributed by atoms with Gasteiger partial charge in [-0.15, -0.1) is 0 Å². The molecule has 84 valence electrons. The van der Waals surface area contributed by atoms with E-state index in [1.165, 1.54) is 0 Å². The lowest BCUT2D eigenvalue weighted by molar-refractivity contribution is 0.586. The van der Waals surface area contributed by atoms with E-state index in [4.69, 9.17) is 0 Å². The zero-order valence-electron chi connectivity index (χ0n) is 9.32. The lowest BCUT2D eigenvalue weighted by Gasteiger charge is -2.16. The minimum Gasteiger partial charge on any atom is -0.214 e. The molecule has 0 aliphatic rings. The molecule has 0 aromatic heterocycles. The standard InChI is InChI=1S/C10H17NO2SSi/c1-15(2,3)9-11-14(12,13)10-7-5-4-6-8-10/h4-8,11H,9H2,1-3H3. The van der Waals surface area contributed by atoms with Crippen molar-refractivity contribution in [2.75, 3.05) is 6.17 Å². The van der Waals surface area contributed by atoms with E-state index in [0.717, 1.165) is 0 Å². The van der Waals surface area contributed by atoms with Crippen LogP contribution in [0.5, 0.6) is 0 Å². The minimum absolute atomic E-state index is 0.336. The molecule has 0 heterocycles. The number of hydrogen-bond acceptors (Lipinski definition) is 2. The van der Waals surface area contributed by atoms with E-state index in [0.29, 0.717) is 11.1 Å². The third-order valence-corrected chi connectivity index (χ3v) is 4.76. The van der Waals surface area contributed by atoms with Gasteiger partial charge in [0.1, 0.15) is 0 Å². The third-order valence-electron chi connectivity index (χ3n) is 1.85. The summed E-state index contributed by atoms with van der Waals surface area (Å²) in [5, 5.41) is 0. The highest BCUT2D eigenvalue weighted by atomic mass is 32.2. The van der Waals surface area contributed by atoms with E-state index in [1.807, 2.05) is 0 Å². The van der Waals surface area contributed by atoms with Gasteiger partial charge in [-0.3, -0.25) is 0 Å². The van der Waals surface area contributed by atoms with Crippen LogP contribution >= 0.6 is 0 Å². The van der Waals surface area contributed by atoms with Gasteiger partial charge in [-0.1, -0.05) is 37.8 Å². The third kappa shape index (κ3) is 4.15. The van der Waals surface area contributed by atoms with Gasteiger partial charge < -0.3 is 0 Å². The molecular formula is C10H17NO2SSi. The average molecular weight is 243 g/mol. The molecule has 0 amide bonds. The highest BCUT2D eigenvalue weighted by Crippen LogP contribution is 2.08. The van der Waals surface area contributed by atoms with Crippen molar-refractivity contribution in [2.45, 2.75) is 24.5 Å². The SMILES string of the molecule is C[Si](C)(C)CNS(=O)(=O)c1ccccc1. The fraction of sp³-hybridized carbons (Fsp3) is 0.400. The maximum Gasteiger partial charge on any atom is 0.240 e. The van der Waals surface area contributed by atoms with E-state index in [9.17, 15) is 8.42 Å². The summed E-state index contributed by atoms with van der Waals surface area (Å²) in [4.78, 5) is 0.336. The molecule has 15 heavy (non-hydrogen) atoms. The Labute approximate surface area is 92.6 Å². The van der Waals surface area contributed by atoms with Crippen LogP contribution in [0.1, 0.15) is 0 Å². The van der Waals surface area contributed by atoms with Gasteiger partial charge in [-0.05, 0) is 12.1 Å². The number of sulfonamides is 1. The Morgan fingerprint density at radius 1 is 1.13 bits per heavy atom. The van der Waals surface area contributed by atoms with Gasteiger partial charge >= 0.3 is 0 Å². The molecule has 0 unspecified atom stereocenters. The number of benzene rings is 1. The fourth-order valence-electron chi connectivity index (χ4n) is 0.994. The summed E-state index contributed by atoms with van der Waals surface area (Å²) in [5.74, 6) is 0. The normalized spacial score (nSPS) is 12.7. The Bertz CT molecular complexity index is 409. The Hall–Kier alpha value is -0.653. The molecule has 1 aromatic rings. The van der Waals surface area contributed by atoms with Gasteiger partial charge in [0.25, 0.3) is 0 Å². The summed E-state index contributed by atoms with van der Waals surface area (Å²) < 4.78 is 26.2. The molecule has 5 heteroatoms. The molecule has 0 aliphatic heterocycles. The lowest BCUT2D eigenvalue weighted by Crippen LogP contribution is -2.39. The van der Waals surface area contributed by atoms with Crippen LogP contribution in [-0.2, 0) is 10.0 Å². The molecular weight excluding hydrogens is 226 g/mol. The molecule has 0 saturated carbocycles. The average Bonchev–Trinajstić information content (AvgIpc) is 2.16. The summed E-state index contributed by atoms with van der Waals surface area (Å²) in [6.07, 6.45) is 0.574. The molecule has 0 atom stereocenters. The maximum atomic E-state index is 11.8. The second kappa shape index (κ2) is 4.47. The maximum absolute atomic E-state index is 11.8. The van der Waals surface area contributed by atoms with Crippen molar-refractivity contribution in [3.63, 3.8) is 0 Å². The van der Waals surface area contributed by atoms with E-state index >= 15 is 0 Å². The second-order valence-corrected chi connectivity index (χ2v) is 11.9. The molecule has 0 bridgehead atoms. The first-order valence-electron chi connectivity index (χ1n) is 4.86. The zero-order valence-corrected chi connectivity index (χ0v) is 11.1. The Morgan fingerprint density at radius 2 is 1.67 bits per heavy atom. The minimum atomic E-state index is -3.31. The smallest absolute Gasteiger partial charge is 0.214 e. The Kier molecular flexibility index (Phi) is 3.70. The van der Waals surface area contributed by atoms with Crippen molar-refractivity contribution in [2.24, 2.45) is 0 Å². The number of rotatable bonds is 4. The van der Waals surface area contributed by atoms with Crippen LogP contribution < -0.4 is 4.72 Å². The molecule has 1 rings (SSSR count). The van der Waals surface area contributed by atoms with Crippen LogP contribution in [0.15, 0.2) is 35.2 Å². The predicted octanol–water partition coefficient (Wildman–Crippen LogP) is 1.84. The topological polar surface area (TPSA) is 46.2 Å². The van der Waals surface area contributed by atoms with Crippen molar-refractivity contribution >= 4 is 18.1 Å². The van der Waals surface area contributed by atoms with E-state index < -0.39 is 18.1 Å². The first kappa shape index (κ1) is 12.4. The van der Waals surface area contributed by atoms with Gasteiger partial charge in [0.05, 0.1) is 13.0 Å². The van der Waals surface area contributed by atoms with Crippen molar-refractivity contribution < 1.29 is 8.42 Å². The van der Waals surface area contributed by atoms with Crippen LogP contribution in [-0.4, -0.2) is 22.7 Å². The van der Waals surface area contributed by atoms with E-state index in [1.54, 1.807) is 30.3 Å². The van der Waals surface area contributed by atoms with Gasteiger partial charge in [-0.2, -0.15) is 0 Å². The quantitative estimate of drug-likeness (QED) is 0.820. The molecule has 1 aromatic carbocycles. The summed E-state index contributed by atoms with van der Waals surface area (Å²) >= 11 is 0. The molecule has 3 nitrogen and oxygen atoms in total. The first-order chi connectivity index (χ1) is 6.81. The first-order valence-corrected chi connectivity index (χ1v) is 10.0. The van der Waals surface area contributed by atoms with Crippen LogP contribution in [0.25, 0.3) is 0 Å².